The molecule has 0 aliphatic heterocycles. The van der Waals surface area contributed by atoms with E-state index >= 15 is 0 Å². The molecule has 0 amide bonds. The fourth-order valence-electron chi connectivity index (χ4n) is 0. The van der Waals surface area contributed by atoms with E-state index in [1.165, 1.54) is 0 Å². The summed E-state index contributed by atoms with van der Waals surface area (Å²) in [6.07, 6.45) is 0. The molecule has 0 bridgehead atoms. The number of rotatable bonds is 0. The van der Waals surface area contributed by atoms with Gasteiger partial charge in [0.25, 0.3) is 0 Å². The Morgan fingerprint density at radius 2 is 1.00 bits per heavy atom. The Kier molecular flexibility index (Phi) is 229. The zero-order valence-electron chi connectivity index (χ0n) is 1.49. The maximum atomic E-state index is 0. The van der Waals surface area contributed by atoms with Gasteiger partial charge in [0, 0.05) is 32.7 Å². The normalized spacial score (nSPS) is 0. The van der Waals surface area contributed by atoms with E-state index in [0.717, 1.165) is 0 Å². The van der Waals surface area contributed by atoms with Crippen molar-refractivity contribution in [3.8, 4) is 0 Å². The van der Waals surface area contributed by atoms with Gasteiger partial charge in [0.2, 0.25) is 0 Å². The van der Waals surface area contributed by atoms with Crippen LogP contribution in [0.3, 0.4) is 0 Å². The van der Waals surface area contributed by atoms with Gasteiger partial charge in [0.1, 0.15) is 0 Å². The van der Waals surface area contributed by atoms with E-state index in [-0.39, 0.29) is 65.9 Å². The molecule has 0 aliphatic carbocycles. The van der Waals surface area contributed by atoms with Gasteiger partial charge in [-0.25, -0.2) is 0 Å². The topological polar surface area (TPSA) is 31.5 Å². The van der Waals surface area contributed by atoms with Crippen LogP contribution in [0.4, 0.5) is 4.70 Å². The van der Waals surface area contributed by atoms with Crippen molar-refractivity contribution < 1.29 is 42.9 Å². The van der Waals surface area contributed by atoms with E-state index in [9.17, 15) is 0 Å². The van der Waals surface area contributed by atoms with E-state index in [4.69, 9.17) is 0 Å². The molecule has 1 nitrogen and oxygen atoms in total. The van der Waals surface area contributed by atoms with Gasteiger partial charge in [-0.3, -0.25) is 4.70 Å². The predicted molar refractivity (Wildman–Crippen MR) is 14.7 cm³/mol. The summed E-state index contributed by atoms with van der Waals surface area (Å²) in [5, 5.41) is 0. The Labute approximate surface area is 65.2 Å². The standard InChI is InChI=1S/FH.Mg.H2O.Y.2H/h1H;;1H2;;;. The fraction of sp³-hybridized carbons (Fsp3) is 0. The summed E-state index contributed by atoms with van der Waals surface area (Å²) >= 11 is 0. The minimum absolute atomic E-state index is 0. The number of hydrogen-bond acceptors (Lipinski definition) is 0. The molecule has 0 unspecified atom stereocenters. The Bertz CT molecular complexity index is 8.00. The van der Waals surface area contributed by atoms with Crippen LogP contribution in [0.15, 0.2) is 0 Å². The van der Waals surface area contributed by atoms with E-state index in [0.29, 0.717) is 0 Å². The molecular weight excluding hydrogens is 148 g/mol. The van der Waals surface area contributed by atoms with Gasteiger partial charge in [-0.15, -0.1) is 0 Å². The van der Waals surface area contributed by atoms with Crippen LogP contribution >= 0.6 is 0 Å². The number of hydrogen-bond donors (Lipinski definition) is 0. The molecule has 23 valence electrons. The van der Waals surface area contributed by atoms with Crippen molar-refractivity contribution in [2.45, 2.75) is 0 Å². The van der Waals surface area contributed by atoms with Crippen LogP contribution in [0.5, 0.6) is 0 Å². The molecule has 0 aromatic heterocycles. The van der Waals surface area contributed by atoms with Crippen LogP contribution in [0, 0.1) is 0 Å². The predicted octanol–water partition coefficient (Wildman–Crippen LogP) is -1.59. The molecule has 4 heteroatoms. The van der Waals surface area contributed by atoms with Gasteiger partial charge >= 0.3 is 23.1 Å². The Hall–Kier alpha value is 1.76. The van der Waals surface area contributed by atoms with Crippen molar-refractivity contribution in [2.24, 2.45) is 0 Å². The SMILES string of the molecule is F.O.[MgH2].[Y]. The van der Waals surface area contributed by atoms with Crippen molar-refractivity contribution in [3.05, 3.63) is 0 Å². The molecule has 0 aliphatic rings. The molecular formula is H5FMgOY. The Morgan fingerprint density at radius 1 is 1.00 bits per heavy atom. The Morgan fingerprint density at radius 3 is 1.00 bits per heavy atom. The number of halogens is 1. The smallest absolute Gasteiger partial charge is 0.316 e. The molecule has 0 saturated heterocycles. The summed E-state index contributed by atoms with van der Waals surface area (Å²) in [7, 11) is 0. The molecule has 0 saturated carbocycles. The van der Waals surface area contributed by atoms with Crippen LogP contribution in [0.1, 0.15) is 0 Å². The van der Waals surface area contributed by atoms with Crippen LogP contribution in [0.2, 0.25) is 0 Å². The minimum Gasteiger partial charge on any atom is -0.412 e. The average molecular weight is 153 g/mol. The fourth-order valence-corrected chi connectivity index (χ4v) is 0. The molecule has 0 heterocycles. The van der Waals surface area contributed by atoms with E-state index in [1.54, 1.807) is 0 Å². The molecule has 0 aromatic rings. The third-order valence-corrected chi connectivity index (χ3v) is 0. The first-order valence-electron chi connectivity index (χ1n) is 0. The quantitative estimate of drug-likeness (QED) is 0.376. The second-order valence-electron chi connectivity index (χ2n) is 0. The third-order valence-electron chi connectivity index (χ3n) is 0. The first-order chi connectivity index (χ1) is 0. The molecule has 0 rings (SSSR count). The van der Waals surface area contributed by atoms with Crippen molar-refractivity contribution in [2.75, 3.05) is 0 Å². The molecule has 1 radical (unpaired) electrons. The molecule has 4 heavy (non-hydrogen) atoms. The van der Waals surface area contributed by atoms with Crippen LogP contribution in [0.25, 0.3) is 0 Å². The minimum atomic E-state index is 0. The van der Waals surface area contributed by atoms with Crippen molar-refractivity contribution in [3.63, 3.8) is 0 Å². The summed E-state index contributed by atoms with van der Waals surface area (Å²) in [5.74, 6) is 0. The second-order valence-corrected chi connectivity index (χ2v) is 0. The summed E-state index contributed by atoms with van der Waals surface area (Å²) in [6.45, 7) is 0. The van der Waals surface area contributed by atoms with E-state index in [1.807, 2.05) is 0 Å². The zero-order chi connectivity index (χ0) is 0. The van der Waals surface area contributed by atoms with Crippen LogP contribution in [-0.4, -0.2) is 28.5 Å². The maximum absolute atomic E-state index is 0. The van der Waals surface area contributed by atoms with Crippen LogP contribution < -0.4 is 0 Å². The van der Waals surface area contributed by atoms with Gasteiger partial charge in [-0.05, 0) is 0 Å². The first-order valence-corrected chi connectivity index (χ1v) is 0. The molecule has 0 fully saturated rings. The molecule has 2 N–H and O–H groups in total. The Balaban J connectivity index is 0. The van der Waals surface area contributed by atoms with E-state index < -0.39 is 0 Å². The summed E-state index contributed by atoms with van der Waals surface area (Å²) in [6, 6.07) is 0. The van der Waals surface area contributed by atoms with Gasteiger partial charge in [0.15, 0.2) is 0 Å². The maximum Gasteiger partial charge on any atom is 0.316 e. The monoisotopic (exact) mass is 153 g/mol. The summed E-state index contributed by atoms with van der Waals surface area (Å²) in [5.41, 5.74) is 0. The first kappa shape index (κ1) is 42.1. The summed E-state index contributed by atoms with van der Waals surface area (Å²) in [4.78, 5) is 0. The average Bonchev–Trinajstić information content (AvgIpc) is 0. The van der Waals surface area contributed by atoms with Gasteiger partial charge in [-0.1, -0.05) is 0 Å². The molecule has 0 spiro atoms. The second kappa shape index (κ2) is 21.7. The zero-order valence-corrected chi connectivity index (χ0v) is 4.32. The third kappa shape index (κ3) is 9.25. The van der Waals surface area contributed by atoms with Crippen molar-refractivity contribution >= 4 is 23.1 Å². The van der Waals surface area contributed by atoms with Gasteiger partial charge in [0.05, 0.1) is 0 Å². The largest absolute Gasteiger partial charge is 0.412 e. The summed E-state index contributed by atoms with van der Waals surface area (Å²) < 4.78 is 0. The van der Waals surface area contributed by atoms with Gasteiger partial charge < -0.3 is 5.48 Å². The molecule has 0 aromatic carbocycles. The van der Waals surface area contributed by atoms with Gasteiger partial charge in [-0.2, -0.15) is 0 Å². The van der Waals surface area contributed by atoms with Crippen molar-refractivity contribution in [1.82, 2.24) is 0 Å². The molecule has 0 atom stereocenters. The van der Waals surface area contributed by atoms with Crippen LogP contribution in [-0.2, 0) is 32.7 Å². The van der Waals surface area contributed by atoms with E-state index in [2.05, 4.69) is 0 Å². The van der Waals surface area contributed by atoms with Crippen molar-refractivity contribution in [1.29, 1.82) is 0 Å².